The van der Waals surface area contributed by atoms with Crippen LogP contribution in [0.15, 0.2) is 18.3 Å². The molecule has 2 heterocycles. The van der Waals surface area contributed by atoms with E-state index in [1.54, 1.807) is 23.2 Å². The van der Waals surface area contributed by atoms with Crippen LogP contribution in [-0.2, 0) is 16.1 Å². The third-order valence-electron chi connectivity index (χ3n) is 6.52. The Hall–Kier alpha value is -3.01. The van der Waals surface area contributed by atoms with Crippen LogP contribution in [-0.4, -0.2) is 63.8 Å². The summed E-state index contributed by atoms with van der Waals surface area (Å²) in [5, 5.41) is 22.3. The summed E-state index contributed by atoms with van der Waals surface area (Å²) in [6.45, 7) is 0.453. The molecule has 0 spiro atoms. The van der Waals surface area contributed by atoms with Crippen LogP contribution in [0, 0.1) is 11.3 Å². The molecule has 1 aliphatic heterocycles. The van der Waals surface area contributed by atoms with Crippen LogP contribution in [0.25, 0.3) is 0 Å². The molecule has 1 aromatic heterocycles. The van der Waals surface area contributed by atoms with Crippen LogP contribution in [0.3, 0.4) is 0 Å². The third kappa shape index (κ3) is 6.98. The molecule has 10 heteroatoms. The minimum absolute atomic E-state index is 0.0954. The van der Waals surface area contributed by atoms with Crippen molar-refractivity contribution in [1.29, 1.82) is 5.41 Å². The number of carbonyl (C=O) groups excluding carboxylic acids is 2. The van der Waals surface area contributed by atoms with Gasteiger partial charge in [-0.2, -0.15) is 0 Å². The highest BCUT2D eigenvalue weighted by Crippen LogP contribution is 2.29. The van der Waals surface area contributed by atoms with Crippen LogP contribution >= 0.6 is 0 Å². The number of hydrogen-bond acceptors (Lipinski definition) is 6. The number of aliphatic carboxylic acids is 1. The first kappa shape index (κ1) is 24.6. The van der Waals surface area contributed by atoms with Gasteiger partial charge in [0, 0.05) is 19.3 Å². The van der Waals surface area contributed by atoms with E-state index in [0.29, 0.717) is 31.0 Å². The molecule has 33 heavy (non-hydrogen) atoms. The van der Waals surface area contributed by atoms with E-state index >= 15 is 0 Å². The number of carboxylic acids is 1. The first-order chi connectivity index (χ1) is 15.8. The normalized spacial score (nSPS) is 19.8. The van der Waals surface area contributed by atoms with Crippen LogP contribution in [0.4, 0.5) is 4.79 Å². The van der Waals surface area contributed by atoms with Gasteiger partial charge in [0.25, 0.3) is 0 Å². The largest absolute Gasteiger partial charge is 0.480 e. The molecule has 10 nitrogen and oxygen atoms in total. The van der Waals surface area contributed by atoms with E-state index in [0.717, 1.165) is 37.7 Å². The lowest BCUT2D eigenvalue weighted by Gasteiger charge is -2.30. The van der Waals surface area contributed by atoms with Gasteiger partial charge in [-0.25, -0.2) is 4.79 Å². The average molecular weight is 459 g/mol. The second kappa shape index (κ2) is 11.7. The van der Waals surface area contributed by atoms with Crippen molar-refractivity contribution in [3.05, 3.63) is 29.6 Å². The average Bonchev–Trinajstić information content (AvgIpc) is 3.30. The topological polar surface area (TPSA) is 162 Å². The zero-order valence-electron chi connectivity index (χ0n) is 18.9. The molecule has 2 fully saturated rings. The Balaban J connectivity index is 1.61. The maximum atomic E-state index is 13.4. The smallest absolute Gasteiger partial charge is 0.318 e. The molecule has 0 aromatic carbocycles. The van der Waals surface area contributed by atoms with Crippen LogP contribution < -0.4 is 16.4 Å². The molecule has 2 aliphatic rings. The number of ketones is 1. The van der Waals surface area contributed by atoms with Gasteiger partial charge in [0.1, 0.15) is 11.5 Å². The number of carboxylic acid groups (broad SMARTS) is 1. The van der Waals surface area contributed by atoms with Gasteiger partial charge in [-0.1, -0.05) is 38.2 Å². The van der Waals surface area contributed by atoms with E-state index in [-0.39, 0.29) is 30.7 Å². The van der Waals surface area contributed by atoms with Crippen molar-refractivity contribution in [1.82, 2.24) is 20.5 Å². The fraction of sp³-hybridized carbons (Fsp3) is 0.609. The number of Topliss-reactive ketones (excluding diaryl/α,β-unsaturated/α-hetero) is 1. The van der Waals surface area contributed by atoms with Crippen molar-refractivity contribution in [3.63, 3.8) is 0 Å². The van der Waals surface area contributed by atoms with E-state index in [4.69, 9.17) is 16.2 Å². The van der Waals surface area contributed by atoms with E-state index in [1.807, 2.05) is 0 Å². The number of rotatable bonds is 10. The Morgan fingerprint density at radius 3 is 2.58 bits per heavy atom. The highest BCUT2D eigenvalue weighted by molar-refractivity contribution is 5.93. The number of urea groups is 1. The molecule has 1 aliphatic carbocycles. The number of amides is 2. The summed E-state index contributed by atoms with van der Waals surface area (Å²) in [5.74, 6) is -0.810. The molecule has 1 unspecified atom stereocenters. The second-order valence-electron chi connectivity index (χ2n) is 8.94. The number of likely N-dealkylation sites (tertiary alicyclic amines) is 1. The number of amidine groups is 1. The lowest BCUT2D eigenvalue weighted by Crippen LogP contribution is -2.52. The molecule has 2 amide bonds. The first-order valence-corrected chi connectivity index (χ1v) is 11.7. The minimum atomic E-state index is -0.998. The molecule has 2 atom stereocenters. The van der Waals surface area contributed by atoms with Crippen LogP contribution in [0.5, 0.6) is 0 Å². The van der Waals surface area contributed by atoms with Gasteiger partial charge in [-0.15, -0.1) is 0 Å². The molecule has 1 saturated carbocycles. The van der Waals surface area contributed by atoms with Crippen LogP contribution in [0.2, 0.25) is 0 Å². The van der Waals surface area contributed by atoms with E-state index in [2.05, 4.69) is 15.6 Å². The fourth-order valence-electron chi connectivity index (χ4n) is 4.77. The molecule has 0 bridgehead atoms. The highest BCUT2D eigenvalue weighted by Gasteiger charge is 2.38. The Labute approximate surface area is 193 Å². The number of pyridine rings is 1. The highest BCUT2D eigenvalue weighted by atomic mass is 16.4. The van der Waals surface area contributed by atoms with Gasteiger partial charge in [0.15, 0.2) is 5.78 Å². The molecule has 1 aromatic rings. The number of nitrogens with one attached hydrogen (secondary N) is 3. The maximum Gasteiger partial charge on any atom is 0.318 e. The summed E-state index contributed by atoms with van der Waals surface area (Å²) in [7, 11) is 0. The van der Waals surface area contributed by atoms with Crippen molar-refractivity contribution < 1.29 is 19.5 Å². The number of carbonyl (C=O) groups is 3. The number of hydrogen-bond donors (Lipinski definition) is 5. The standard InChI is InChI=1S/C23H34N6O4/c24-22(25)17-9-8-16(12-26-17)13-28-23(33)29-10-4-7-19(29)21(32)18(27-14-20(30)31)11-15-5-2-1-3-6-15/h8-9,12,15,18-19,27H,1-7,10-11,13-14H2,(H3,24,25)(H,28,33)(H,30,31)/t18-,19?/m1/s1. The summed E-state index contributed by atoms with van der Waals surface area (Å²) in [5.41, 5.74) is 6.54. The van der Waals surface area contributed by atoms with Crippen molar-refractivity contribution in [2.45, 2.75) is 70.0 Å². The molecule has 1 saturated heterocycles. The summed E-state index contributed by atoms with van der Waals surface area (Å²) in [4.78, 5) is 43.0. The Morgan fingerprint density at radius 2 is 1.94 bits per heavy atom. The van der Waals surface area contributed by atoms with Gasteiger partial charge < -0.3 is 21.1 Å². The number of nitrogens with zero attached hydrogens (tertiary/aromatic N) is 2. The van der Waals surface area contributed by atoms with Crippen molar-refractivity contribution in [2.24, 2.45) is 11.7 Å². The molecule has 0 radical (unpaired) electrons. The summed E-state index contributed by atoms with van der Waals surface area (Å²) >= 11 is 0. The summed E-state index contributed by atoms with van der Waals surface area (Å²) in [6, 6.07) is 1.92. The number of nitrogens with two attached hydrogens (primary N) is 1. The monoisotopic (exact) mass is 458 g/mol. The zero-order chi connectivity index (χ0) is 23.8. The lowest BCUT2D eigenvalue weighted by atomic mass is 9.83. The molecule has 180 valence electrons. The van der Waals surface area contributed by atoms with Crippen molar-refractivity contribution >= 4 is 23.6 Å². The Bertz CT molecular complexity index is 853. The van der Waals surface area contributed by atoms with Gasteiger partial charge in [0.2, 0.25) is 0 Å². The predicted octanol–water partition coefficient (Wildman–Crippen LogP) is 1.62. The molecular weight excluding hydrogens is 424 g/mol. The molecule has 6 N–H and O–H groups in total. The molecule has 3 rings (SSSR count). The zero-order valence-corrected chi connectivity index (χ0v) is 18.9. The van der Waals surface area contributed by atoms with Gasteiger partial charge in [-0.05, 0) is 36.8 Å². The SMILES string of the molecule is N=C(N)c1ccc(CNC(=O)N2CCCC2C(=O)[C@@H](CC2CCCCC2)NCC(=O)O)cn1. The predicted molar refractivity (Wildman–Crippen MR) is 123 cm³/mol. The molecular formula is C23H34N6O4. The number of aromatic nitrogens is 1. The fourth-order valence-corrected chi connectivity index (χ4v) is 4.77. The first-order valence-electron chi connectivity index (χ1n) is 11.7. The van der Waals surface area contributed by atoms with E-state index in [1.165, 1.54) is 6.42 Å². The van der Waals surface area contributed by atoms with Gasteiger partial charge in [0.05, 0.1) is 18.6 Å². The van der Waals surface area contributed by atoms with Crippen LogP contribution in [0.1, 0.15) is 62.6 Å². The lowest BCUT2D eigenvalue weighted by molar-refractivity contribution is -0.136. The third-order valence-corrected chi connectivity index (χ3v) is 6.52. The van der Waals surface area contributed by atoms with Gasteiger partial charge >= 0.3 is 12.0 Å². The van der Waals surface area contributed by atoms with Crippen molar-refractivity contribution in [2.75, 3.05) is 13.1 Å². The van der Waals surface area contributed by atoms with E-state index < -0.39 is 18.1 Å². The Morgan fingerprint density at radius 1 is 1.18 bits per heavy atom. The maximum absolute atomic E-state index is 13.4. The van der Waals surface area contributed by atoms with E-state index in [9.17, 15) is 14.4 Å². The van der Waals surface area contributed by atoms with Crippen molar-refractivity contribution in [3.8, 4) is 0 Å². The quantitative estimate of drug-likeness (QED) is 0.263. The summed E-state index contributed by atoms with van der Waals surface area (Å²) in [6.07, 6.45) is 9.10. The minimum Gasteiger partial charge on any atom is -0.480 e. The summed E-state index contributed by atoms with van der Waals surface area (Å²) < 4.78 is 0. The number of nitrogen functional groups attached to an aromatic ring is 1. The van der Waals surface area contributed by atoms with Gasteiger partial charge in [-0.3, -0.25) is 25.3 Å². The Kier molecular flexibility index (Phi) is 8.76. The second-order valence-corrected chi connectivity index (χ2v) is 8.94.